The van der Waals surface area contributed by atoms with Crippen LogP contribution in [0.3, 0.4) is 0 Å². The lowest BCUT2D eigenvalue weighted by Crippen LogP contribution is -2.00. The van der Waals surface area contributed by atoms with E-state index in [1.165, 1.54) is 11.3 Å². The van der Waals surface area contributed by atoms with Crippen molar-refractivity contribution >= 4 is 22.9 Å². The third-order valence-corrected chi connectivity index (χ3v) is 3.50. The quantitative estimate of drug-likeness (QED) is 0.768. The Bertz CT molecular complexity index is 470. The molecule has 2 heterocycles. The highest BCUT2D eigenvalue weighted by Crippen LogP contribution is 2.30. The number of nitrogens with zero attached hydrogens (tertiary/aromatic N) is 2. The van der Waals surface area contributed by atoms with E-state index >= 15 is 0 Å². The van der Waals surface area contributed by atoms with Gasteiger partial charge in [0.2, 0.25) is 0 Å². The molecule has 17 heavy (non-hydrogen) atoms. The number of thiophene rings is 1. The number of unbranched alkanes of at least 4 members (excludes halogenated alkanes) is 1. The summed E-state index contributed by atoms with van der Waals surface area (Å²) in [5, 5.41) is 0. The Labute approximate surface area is 109 Å². The second kappa shape index (κ2) is 5.98. The Kier molecular flexibility index (Phi) is 4.34. The second-order valence-corrected chi connectivity index (χ2v) is 5.28. The van der Waals surface area contributed by atoms with E-state index in [4.69, 9.17) is 16.3 Å². The fourth-order valence-electron chi connectivity index (χ4n) is 1.30. The van der Waals surface area contributed by atoms with E-state index in [-0.39, 0.29) is 0 Å². The number of ether oxygens (including phenoxy) is 1. The van der Waals surface area contributed by atoms with Crippen LogP contribution >= 0.6 is 22.9 Å². The molecule has 0 spiro atoms. The van der Waals surface area contributed by atoms with Gasteiger partial charge in [0.15, 0.2) is 0 Å². The van der Waals surface area contributed by atoms with E-state index < -0.39 is 0 Å². The number of hydrogen-bond donors (Lipinski definition) is 0. The molecule has 0 bridgehead atoms. The first-order valence-electron chi connectivity index (χ1n) is 5.50. The molecule has 90 valence electrons. The first-order chi connectivity index (χ1) is 8.29. The van der Waals surface area contributed by atoms with Gasteiger partial charge in [-0.3, -0.25) is 0 Å². The van der Waals surface area contributed by atoms with Gasteiger partial charge in [0.05, 0.1) is 10.9 Å². The zero-order chi connectivity index (χ0) is 12.1. The molecule has 0 amide bonds. The smallest absolute Gasteiger partial charge is 0.316 e. The summed E-state index contributed by atoms with van der Waals surface area (Å²) in [4.78, 5) is 9.40. The van der Waals surface area contributed by atoms with Gasteiger partial charge in [0.1, 0.15) is 0 Å². The van der Waals surface area contributed by atoms with E-state index in [2.05, 4.69) is 16.9 Å². The molecule has 5 heteroatoms. The topological polar surface area (TPSA) is 35.0 Å². The van der Waals surface area contributed by atoms with E-state index in [9.17, 15) is 0 Å². The lowest BCUT2D eigenvalue weighted by atomic mass is 10.3. The Morgan fingerprint density at radius 3 is 2.65 bits per heavy atom. The predicted octanol–water partition coefficient (Wildman–Crippen LogP) is 4.04. The van der Waals surface area contributed by atoms with Crippen LogP contribution in [-0.4, -0.2) is 16.6 Å². The Morgan fingerprint density at radius 1 is 1.29 bits per heavy atom. The molecule has 0 aliphatic carbocycles. The second-order valence-electron chi connectivity index (χ2n) is 3.56. The standard InChI is InChI=1S/C12H13ClN2OS/c1-2-3-6-16-12-14-7-9(8-15-12)10-4-5-11(13)17-10/h4-5,7-8H,2-3,6H2,1H3. The van der Waals surface area contributed by atoms with Crippen molar-refractivity contribution < 1.29 is 4.74 Å². The molecular weight excluding hydrogens is 256 g/mol. The van der Waals surface area contributed by atoms with Crippen LogP contribution in [0, 0.1) is 0 Å². The van der Waals surface area contributed by atoms with E-state index in [1.807, 2.05) is 12.1 Å². The maximum atomic E-state index is 5.88. The maximum absolute atomic E-state index is 5.88. The molecule has 0 aliphatic heterocycles. The average molecular weight is 269 g/mol. The van der Waals surface area contributed by atoms with Crippen molar-refractivity contribution in [2.75, 3.05) is 6.61 Å². The van der Waals surface area contributed by atoms with Crippen molar-refractivity contribution in [2.45, 2.75) is 19.8 Å². The summed E-state index contributed by atoms with van der Waals surface area (Å²) in [6.07, 6.45) is 5.64. The van der Waals surface area contributed by atoms with Gasteiger partial charge in [-0.15, -0.1) is 11.3 Å². The van der Waals surface area contributed by atoms with Gasteiger partial charge < -0.3 is 4.74 Å². The first-order valence-corrected chi connectivity index (χ1v) is 6.69. The molecule has 0 saturated carbocycles. The lowest BCUT2D eigenvalue weighted by molar-refractivity contribution is 0.285. The minimum Gasteiger partial charge on any atom is -0.463 e. The van der Waals surface area contributed by atoms with Gasteiger partial charge in [0.25, 0.3) is 0 Å². The summed E-state index contributed by atoms with van der Waals surface area (Å²) in [6, 6.07) is 4.26. The van der Waals surface area contributed by atoms with Crippen LogP contribution in [0.5, 0.6) is 6.01 Å². The number of halogens is 1. The molecule has 2 aromatic rings. The van der Waals surface area contributed by atoms with Crippen LogP contribution in [0.15, 0.2) is 24.5 Å². The summed E-state index contributed by atoms with van der Waals surface area (Å²) in [5.41, 5.74) is 0.963. The van der Waals surface area contributed by atoms with Gasteiger partial charge in [-0.2, -0.15) is 0 Å². The Balaban J connectivity index is 2.02. The third-order valence-electron chi connectivity index (χ3n) is 2.21. The molecule has 0 atom stereocenters. The zero-order valence-electron chi connectivity index (χ0n) is 9.52. The van der Waals surface area contributed by atoms with Gasteiger partial charge >= 0.3 is 6.01 Å². The summed E-state index contributed by atoms with van der Waals surface area (Å²) in [6.45, 7) is 2.79. The van der Waals surface area contributed by atoms with Crippen molar-refractivity contribution in [1.82, 2.24) is 9.97 Å². The monoisotopic (exact) mass is 268 g/mol. The number of hydrogen-bond acceptors (Lipinski definition) is 4. The molecule has 0 saturated heterocycles. The lowest BCUT2D eigenvalue weighted by Gasteiger charge is -2.03. The zero-order valence-corrected chi connectivity index (χ0v) is 11.1. The highest BCUT2D eigenvalue weighted by molar-refractivity contribution is 7.19. The van der Waals surface area contributed by atoms with E-state index in [0.29, 0.717) is 12.6 Å². The molecule has 0 radical (unpaired) electrons. The van der Waals surface area contributed by atoms with Crippen LogP contribution in [0.25, 0.3) is 10.4 Å². The van der Waals surface area contributed by atoms with E-state index in [1.54, 1.807) is 12.4 Å². The van der Waals surface area contributed by atoms with Crippen molar-refractivity contribution in [3.63, 3.8) is 0 Å². The van der Waals surface area contributed by atoms with Crippen LogP contribution in [0.2, 0.25) is 4.34 Å². The molecule has 0 unspecified atom stereocenters. The summed E-state index contributed by atoms with van der Waals surface area (Å²) >= 11 is 7.39. The van der Waals surface area contributed by atoms with Gasteiger partial charge in [-0.1, -0.05) is 24.9 Å². The molecule has 2 aromatic heterocycles. The van der Waals surface area contributed by atoms with Crippen molar-refractivity contribution in [3.05, 3.63) is 28.9 Å². The normalized spacial score (nSPS) is 10.5. The van der Waals surface area contributed by atoms with Crippen molar-refractivity contribution in [2.24, 2.45) is 0 Å². The molecule has 0 fully saturated rings. The third kappa shape index (κ3) is 3.41. The minimum absolute atomic E-state index is 0.435. The highest BCUT2D eigenvalue weighted by Gasteiger charge is 2.03. The average Bonchev–Trinajstić information content (AvgIpc) is 2.77. The summed E-state index contributed by atoms with van der Waals surface area (Å²) in [7, 11) is 0. The molecule has 0 N–H and O–H groups in total. The summed E-state index contributed by atoms with van der Waals surface area (Å²) in [5.74, 6) is 0. The number of aromatic nitrogens is 2. The van der Waals surface area contributed by atoms with Crippen LogP contribution in [0.4, 0.5) is 0 Å². The van der Waals surface area contributed by atoms with Crippen molar-refractivity contribution in [3.8, 4) is 16.5 Å². The largest absolute Gasteiger partial charge is 0.463 e. The van der Waals surface area contributed by atoms with E-state index in [0.717, 1.165) is 27.6 Å². The molecule has 3 nitrogen and oxygen atoms in total. The SMILES string of the molecule is CCCCOc1ncc(-c2ccc(Cl)s2)cn1. The van der Waals surface area contributed by atoms with Crippen molar-refractivity contribution in [1.29, 1.82) is 0 Å². The Hall–Kier alpha value is -1.13. The summed E-state index contributed by atoms with van der Waals surface area (Å²) < 4.78 is 6.16. The van der Waals surface area contributed by atoms with Crippen LogP contribution in [-0.2, 0) is 0 Å². The van der Waals surface area contributed by atoms with Crippen LogP contribution < -0.4 is 4.74 Å². The van der Waals surface area contributed by atoms with Gasteiger partial charge in [-0.05, 0) is 18.6 Å². The fraction of sp³-hybridized carbons (Fsp3) is 0.333. The maximum Gasteiger partial charge on any atom is 0.316 e. The molecule has 0 aromatic carbocycles. The minimum atomic E-state index is 0.435. The van der Waals surface area contributed by atoms with Gasteiger partial charge in [-0.25, -0.2) is 9.97 Å². The fourth-order valence-corrected chi connectivity index (χ4v) is 2.31. The molecular formula is C12H13ClN2OS. The molecule has 0 aliphatic rings. The van der Waals surface area contributed by atoms with Crippen LogP contribution in [0.1, 0.15) is 19.8 Å². The number of rotatable bonds is 5. The molecule has 2 rings (SSSR count). The first kappa shape index (κ1) is 12.3. The Morgan fingerprint density at radius 2 is 2.06 bits per heavy atom. The highest BCUT2D eigenvalue weighted by atomic mass is 35.5. The predicted molar refractivity (Wildman–Crippen MR) is 70.8 cm³/mol. The van der Waals surface area contributed by atoms with Gasteiger partial charge in [0, 0.05) is 22.8 Å².